The summed E-state index contributed by atoms with van der Waals surface area (Å²) in [6, 6.07) is 5.33. The average molecular weight is 367 g/mol. The summed E-state index contributed by atoms with van der Waals surface area (Å²) in [7, 11) is 1.53. The van der Waals surface area contributed by atoms with E-state index in [2.05, 4.69) is 4.98 Å². The van der Waals surface area contributed by atoms with Gasteiger partial charge in [0.05, 0.1) is 13.7 Å². The highest BCUT2D eigenvalue weighted by Crippen LogP contribution is 2.35. The number of nitrogens with zero attached hydrogens (tertiary/aromatic N) is 1. The van der Waals surface area contributed by atoms with Crippen molar-refractivity contribution in [2.45, 2.75) is 26.7 Å². The first kappa shape index (κ1) is 19.2. The second-order valence-electron chi connectivity index (χ2n) is 5.16. The molecule has 0 amide bonds. The van der Waals surface area contributed by atoms with Crippen LogP contribution in [-0.2, 0) is 11.2 Å². The minimum absolute atomic E-state index is 0.0488. The lowest BCUT2D eigenvalue weighted by Crippen LogP contribution is -2.07. The van der Waals surface area contributed by atoms with Gasteiger partial charge in [0.1, 0.15) is 18.3 Å². The van der Waals surface area contributed by atoms with Gasteiger partial charge in [0, 0.05) is 10.4 Å². The molecule has 7 heteroatoms. The number of methoxy groups -OCH3 is 1. The molecule has 0 atom stereocenters. The molecule has 1 aromatic carbocycles. The number of aryl methyl sites for hydroxylation is 1. The quantitative estimate of drug-likeness (QED) is 0.619. The van der Waals surface area contributed by atoms with Gasteiger partial charge in [-0.05, 0) is 31.5 Å². The molecule has 0 aliphatic heterocycles. The van der Waals surface area contributed by atoms with Gasteiger partial charge < -0.3 is 14.2 Å². The van der Waals surface area contributed by atoms with E-state index in [4.69, 9.17) is 14.2 Å². The number of ether oxygens (including phenoxy) is 3. The molecule has 0 fully saturated rings. The number of esters is 1. The number of carbonyl (C=O) groups excluding carboxylic acids is 1. The smallest absolute Gasteiger partial charge is 0.358 e. The summed E-state index contributed by atoms with van der Waals surface area (Å²) in [6.07, 6.45) is 1.66. The number of rotatable bonds is 9. The maximum Gasteiger partial charge on any atom is 0.358 e. The molecule has 0 aliphatic rings. The Bertz CT molecular complexity index is 717. The van der Waals surface area contributed by atoms with Crippen LogP contribution in [0.25, 0.3) is 10.6 Å². The Morgan fingerprint density at radius 2 is 2.08 bits per heavy atom. The van der Waals surface area contributed by atoms with Crippen molar-refractivity contribution >= 4 is 17.3 Å². The van der Waals surface area contributed by atoms with Crippen LogP contribution in [0.4, 0.5) is 4.39 Å². The fourth-order valence-corrected chi connectivity index (χ4v) is 3.45. The van der Waals surface area contributed by atoms with E-state index in [0.29, 0.717) is 28.8 Å². The number of alkyl halides is 1. The number of hydrogen-bond acceptors (Lipinski definition) is 6. The van der Waals surface area contributed by atoms with Crippen LogP contribution >= 0.6 is 11.3 Å². The van der Waals surface area contributed by atoms with E-state index < -0.39 is 12.6 Å². The van der Waals surface area contributed by atoms with Crippen LogP contribution in [0, 0.1) is 0 Å². The molecule has 5 nitrogen and oxygen atoms in total. The molecule has 1 heterocycles. The van der Waals surface area contributed by atoms with Crippen LogP contribution in [0.15, 0.2) is 18.2 Å². The average Bonchev–Trinajstić information content (AvgIpc) is 3.04. The first-order valence-electron chi connectivity index (χ1n) is 8.18. The van der Waals surface area contributed by atoms with Gasteiger partial charge in [-0.25, -0.2) is 14.2 Å². The van der Waals surface area contributed by atoms with Gasteiger partial charge in [0.15, 0.2) is 17.2 Å². The number of halogens is 1. The number of carbonyl (C=O) groups is 1. The molecular weight excluding hydrogens is 345 g/mol. The molecule has 0 unspecified atom stereocenters. The van der Waals surface area contributed by atoms with Gasteiger partial charge >= 0.3 is 5.97 Å². The van der Waals surface area contributed by atoms with Gasteiger partial charge in [0.25, 0.3) is 0 Å². The van der Waals surface area contributed by atoms with Crippen LogP contribution in [0.2, 0.25) is 0 Å². The number of hydrogen-bond donors (Lipinski definition) is 0. The van der Waals surface area contributed by atoms with Crippen LogP contribution in [0.3, 0.4) is 0 Å². The third-order valence-corrected chi connectivity index (χ3v) is 4.55. The third kappa shape index (κ3) is 4.69. The van der Waals surface area contributed by atoms with Crippen LogP contribution in [-0.4, -0.2) is 38.0 Å². The Morgan fingerprint density at radius 1 is 1.28 bits per heavy atom. The highest BCUT2D eigenvalue weighted by Gasteiger charge is 2.20. The molecular formula is C18H22FNO4S. The molecule has 0 saturated heterocycles. The lowest BCUT2D eigenvalue weighted by atomic mass is 10.2. The molecule has 25 heavy (non-hydrogen) atoms. The molecule has 0 saturated carbocycles. The molecule has 1 aromatic heterocycles. The zero-order valence-electron chi connectivity index (χ0n) is 14.6. The van der Waals surface area contributed by atoms with E-state index in [1.54, 1.807) is 19.1 Å². The van der Waals surface area contributed by atoms with Crippen molar-refractivity contribution in [2.24, 2.45) is 0 Å². The summed E-state index contributed by atoms with van der Waals surface area (Å²) in [5.74, 6) is 0.562. The second kappa shape index (κ2) is 9.36. The van der Waals surface area contributed by atoms with E-state index in [-0.39, 0.29) is 6.61 Å². The molecule has 2 aromatic rings. The number of thiazole rings is 1. The van der Waals surface area contributed by atoms with Crippen LogP contribution in [0.1, 0.15) is 35.6 Å². The summed E-state index contributed by atoms with van der Waals surface area (Å²) in [6.45, 7) is 3.49. The van der Waals surface area contributed by atoms with Gasteiger partial charge in [-0.2, -0.15) is 0 Å². The Morgan fingerprint density at radius 3 is 2.72 bits per heavy atom. The fourth-order valence-electron chi connectivity index (χ4n) is 2.30. The molecule has 2 rings (SSSR count). The first-order valence-corrected chi connectivity index (χ1v) is 9.00. The summed E-state index contributed by atoms with van der Waals surface area (Å²) in [4.78, 5) is 17.5. The fraction of sp³-hybridized carbons (Fsp3) is 0.444. The van der Waals surface area contributed by atoms with E-state index in [1.807, 2.05) is 13.0 Å². The summed E-state index contributed by atoms with van der Waals surface area (Å²) < 4.78 is 28.1. The third-order valence-electron chi connectivity index (χ3n) is 3.39. The zero-order valence-corrected chi connectivity index (χ0v) is 15.5. The molecule has 0 spiro atoms. The van der Waals surface area contributed by atoms with Crippen molar-refractivity contribution in [1.82, 2.24) is 4.98 Å². The van der Waals surface area contributed by atoms with Gasteiger partial charge in [-0.15, -0.1) is 11.3 Å². The zero-order chi connectivity index (χ0) is 18.2. The minimum Gasteiger partial charge on any atom is -0.493 e. The standard InChI is InChI=1S/C18H22FNO4S/c1-4-6-15-16(18(21)23-5-2)20-17(25-15)12-7-8-13(22-3)14(11-12)24-10-9-19/h7-8,11H,4-6,9-10H2,1-3H3. The second-order valence-corrected chi connectivity index (χ2v) is 6.25. The maximum atomic E-state index is 12.4. The van der Waals surface area contributed by atoms with E-state index >= 15 is 0 Å². The lowest BCUT2D eigenvalue weighted by molar-refractivity contribution is 0.0519. The maximum absolute atomic E-state index is 12.4. The van der Waals surface area contributed by atoms with Gasteiger partial charge in [0.2, 0.25) is 0 Å². The number of benzene rings is 1. The molecule has 0 aliphatic carbocycles. The van der Waals surface area contributed by atoms with Crippen molar-refractivity contribution in [3.05, 3.63) is 28.8 Å². The lowest BCUT2D eigenvalue weighted by Gasteiger charge is -2.10. The normalized spacial score (nSPS) is 10.6. The Hall–Kier alpha value is -2.15. The van der Waals surface area contributed by atoms with Gasteiger partial charge in [-0.1, -0.05) is 13.3 Å². The minimum atomic E-state index is -0.585. The summed E-state index contributed by atoms with van der Waals surface area (Å²) in [5, 5.41) is 0.694. The Labute approximate surface area is 150 Å². The van der Waals surface area contributed by atoms with Crippen LogP contribution in [0.5, 0.6) is 11.5 Å². The Balaban J connectivity index is 2.40. The Kier molecular flexibility index (Phi) is 7.18. The van der Waals surface area contributed by atoms with Crippen molar-refractivity contribution in [2.75, 3.05) is 27.0 Å². The topological polar surface area (TPSA) is 57.7 Å². The predicted molar refractivity (Wildman–Crippen MR) is 95.5 cm³/mol. The predicted octanol–water partition coefficient (Wildman–Crippen LogP) is 4.30. The van der Waals surface area contributed by atoms with Gasteiger partial charge in [-0.3, -0.25) is 0 Å². The molecule has 136 valence electrons. The molecule has 0 N–H and O–H groups in total. The van der Waals surface area contributed by atoms with Crippen molar-refractivity contribution in [1.29, 1.82) is 0 Å². The number of aromatic nitrogens is 1. The van der Waals surface area contributed by atoms with E-state index in [9.17, 15) is 9.18 Å². The van der Waals surface area contributed by atoms with Crippen molar-refractivity contribution in [3.63, 3.8) is 0 Å². The monoisotopic (exact) mass is 367 g/mol. The SMILES string of the molecule is CCCc1sc(-c2ccc(OC)c(OCCF)c2)nc1C(=O)OCC. The van der Waals surface area contributed by atoms with E-state index in [0.717, 1.165) is 23.3 Å². The largest absolute Gasteiger partial charge is 0.493 e. The van der Waals surface area contributed by atoms with Crippen LogP contribution < -0.4 is 9.47 Å². The molecule has 0 bridgehead atoms. The summed E-state index contributed by atoms with van der Waals surface area (Å²) >= 11 is 1.45. The molecule has 0 radical (unpaired) electrons. The summed E-state index contributed by atoms with van der Waals surface area (Å²) in [5.41, 5.74) is 1.15. The highest BCUT2D eigenvalue weighted by atomic mass is 32.1. The van der Waals surface area contributed by atoms with Crippen molar-refractivity contribution < 1.29 is 23.4 Å². The van der Waals surface area contributed by atoms with Crippen molar-refractivity contribution in [3.8, 4) is 22.1 Å². The highest BCUT2D eigenvalue weighted by molar-refractivity contribution is 7.15. The first-order chi connectivity index (χ1) is 12.1. The van der Waals surface area contributed by atoms with E-state index in [1.165, 1.54) is 18.4 Å².